The van der Waals surface area contributed by atoms with Crippen molar-refractivity contribution in [2.75, 3.05) is 14.2 Å². The van der Waals surface area contributed by atoms with Crippen molar-refractivity contribution in [3.8, 4) is 16.9 Å². The molecule has 1 unspecified atom stereocenters. The van der Waals surface area contributed by atoms with Gasteiger partial charge < -0.3 is 20.0 Å². The van der Waals surface area contributed by atoms with Crippen molar-refractivity contribution in [1.82, 2.24) is 5.32 Å². The van der Waals surface area contributed by atoms with Gasteiger partial charge >= 0.3 is 5.97 Å². The summed E-state index contributed by atoms with van der Waals surface area (Å²) >= 11 is 5.89. The minimum absolute atomic E-state index is 0.136. The third kappa shape index (κ3) is 3.80. The number of esters is 1. The second-order valence-electron chi connectivity index (χ2n) is 6.09. The average molecular weight is 405 g/mol. The van der Waals surface area contributed by atoms with Crippen LogP contribution < -0.4 is 10.1 Å². The first kappa shape index (κ1) is 19.7. The summed E-state index contributed by atoms with van der Waals surface area (Å²) in [5.74, 6) is -0.654. The van der Waals surface area contributed by atoms with E-state index in [0.717, 1.165) is 0 Å². The van der Waals surface area contributed by atoms with Gasteiger partial charge in [0.15, 0.2) is 0 Å². The molecule has 1 atom stereocenters. The Labute approximate surface area is 166 Å². The van der Waals surface area contributed by atoms with E-state index in [9.17, 15) is 14.4 Å². The van der Waals surface area contributed by atoms with Gasteiger partial charge in [-0.25, -0.2) is 9.18 Å². The van der Waals surface area contributed by atoms with Gasteiger partial charge in [0.2, 0.25) is 0 Å². The van der Waals surface area contributed by atoms with Crippen LogP contribution in [-0.2, 0) is 9.53 Å². The van der Waals surface area contributed by atoms with Crippen LogP contribution in [0.4, 0.5) is 4.39 Å². The van der Waals surface area contributed by atoms with Crippen molar-refractivity contribution in [2.24, 2.45) is 5.16 Å². The first-order chi connectivity index (χ1) is 13.5. The molecule has 8 heteroatoms. The maximum Gasteiger partial charge on any atom is 0.354 e. The molecule has 0 aromatic heterocycles. The average Bonchev–Trinajstić information content (AvgIpc) is 2.72. The second kappa shape index (κ2) is 8.31. The fraction of sp³-hybridized carbons (Fsp3) is 0.200. The van der Waals surface area contributed by atoms with E-state index in [1.807, 2.05) is 0 Å². The number of allylic oxidation sites excluding steroid dienone is 1. The molecule has 0 aliphatic carbocycles. The number of benzene rings is 2. The zero-order valence-corrected chi connectivity index (χ0v) is 16.0. The van der Waals surface area contributed by atoms with Crippen LogP contribution in [0.3, 0.4) is 0 Å². The predicted molar refractivity (Wildman–Crippen MR) is 103 cm³/mol. The van der Waals surface area contributed by atoms with Gasteiger partial charge in [0, 0.05) is 22.6 Å². The molecule has 2 aromatic rings. The summed E-state index contributed by atoms with van der Waals surface area (Å²) in [6.45, 7) is 0. The van der Waals surface area contributed by atoms with Gasteiger partial charge in [-0.1, -0.05) is 28.9 Å². The van der Waals surface area contributed by atoms with Crippen molar-refractivity contribution < 1.29 is 23.9 Å². The Morgan fingerprint density at radius 1 is 1.32 bits per heavy atom. The summed E-state index contributed by atoms with van der Waals surface area (Å²) in [6.07, 6.45) is 1.68. The standard InChI is InChI=1S/C20H18ClFN2O4/c1-27-18-5-3-4-14(19(18)13-7-6-11(21)8-15(13)22)16-9-12(24-26)10-17(23-16)20(25)28-2/h3-8,10,16,23,26H,9H2,1-2H3. The molecule has 3 rings (SSSR count). The van der Waals surface area contributed by atoms with Crippen LogP contribution >= 0.6 is 11.6 Å². The van der Waals surface area contributed by atoms with Gasteiger partial charge in [-0.3, -0.25) is 0 Å². The summed E-state index contributed by atoms with van der Waals surface area (Å²) < 4.78 is 24.9. The van der Waals surface area contributed by atoms with Crippen LogP contribution in [-0.4, -0.2) is 31.1 Å². The van der Waals surface area contributed by atoms with Crippen LogP contribution in [0.1, 0.15) is 18.0 Å². The molecular weight excluding hydrogens is 387 g/mol. The van der Waals surface area contributed by atoms with E-state index in [-0.39, 0.29) is 22.9 Å². The van der Waals surface area contributed by atoms with Crippen molar-refractivity contribution >= 4 is 23.3 Å². The molecule has 1 heterocycles. The summed E-state index contributed by atoms with van der Waals surface area (Å²) in [7, 11) is 2.75. The van der Waals surface area contributed by atoms with E-state index in [4.69, 9.17) is 21.1 Å². The van der Waals surface area contributed by atoms with E-state index in [2.05, 4.69) is 10.5 Å². The first-order valence-electron chi connectivity index (χ1n) is 8.38. The smallest absolute Gasteiger partial charge is 0.354 e. The van der Waals surface area contributed by atoms with Gasteiger partial charge in [0.1, 0.15) is 17.3 Å². The highest BCUT2D eigenvalue weighted by Crippen LogP contribution is 2.40. The lowest BCUT2D eigenvalue weighted by Gasteiger charge is -2.28. The normalized spacial score (nSPS) is 17.6. The van der Waals surface area contributed by atoms with Gasteiger partial charge in [0.25, 0.3) is 0 Å². The third-order valence-corrected chi connectivity index (χ3v) is 4.68. The first-order valence-corrected chi connectivity index (χ1v) is 8.76. The number of rotatable bonds is 4. The summed E-state index contributed by atoms with van der Waals surface area (Å²) in [6, 6.07) is 9.17. The molecule has 28 heavy (non-hydrogen) atoms. The molecule has 0 saturated heterocycles. The second-order valence-corrected chi connectivity index (χ2v) is 6.53. The number of methoxy groups -OCH3 is 2. The number of nitrogens with one attached hydrogen (secondary N) is 1. The highest BCUT2D eigenvalue weighted by Gasteiger charge is 2.28. The Morgan fingerprint density at radius 3 is 2.75 bits per heavy atom. The van der Waals surface area contributed by atoms with E-state index in [1.165, 1.54) is 26.4 Å². The topological polar surface area (TPSA) is 80.2 Å². The predicted octanol–water partition coefficient (Wildman–Crippen LogP) is 4.08. The number of nitrogens with zero attached hydrogens (tertiary/aromatic N) is 1. The maximum absolute atomic E-state index is 14.7. The largest absolute Gasteiger partial charge is 0.496 e. The molecule has 6 nitrogen and oxygen atoms in total. The number of hydrogen-bond donors (Lipinski definition) is 2. The number of ether oxygens (including phenoxy) is 2. The lowest BCUT2D eigenvalue weighted by Crippen LogP contribution is -2.33. The molecule has 1 aliphatic heterocycles. The number of carbonyl (C=O) groups is 1. The number of oxime groups is 1. The lowest BCUT2D eigenvalue weighted by atomic mass is 9.89. The van der Waals surface area contributed by atoms with Gasteiger partial charge in [-0.2, -0.15) is 0 Å². The van der Waals surface area contributed by atoms with E-state index in [0.29, 0.717) is 22.4 Å². The minimum atomic E-state index is -0.604. The Bertz CT molecular complexity index is 975. The quantitative estimate of drug-likeness (QED) is 0.456. The fourth-order valence-corrected chi connectivity index (χ4v) is 3.35. The van der Waals surface area contributed by atoms with E-state index in [1.54, 1.807) is 30.3 Å². The summed E-state index contributed by atoms with van der Waals surface area (Å²) in [5, 5.41) is 15.8. The van der Waals surface area contributed by atoms with Crippen molar-refractivity contribution in [3.05, 3.63) is 64.6 Å². The Kier molecular flexibility index (Phi) is 5.84. The zero-order chi connectivity index (χ0) is 20.3. The molecule has 0 radical (unpaired) electrons. The number of hydrogen-bond acceptors (Lipinski definition) is 6. The minimum Gasteiger partial charge on any atom is -0.496 e. The van der Waals surface area contributed by atoms with E-state index < -0.39 is 17.8 Å². The molecule has 2 aromatic carbocycles. The van der Waals surface area contributed by atoms with Crippen molar-refractivity contribution in [1.29, 1.82) is 0 Å². The van der Waals surface area contributed by atoms with Gasteiger partial charge in [0.05, 0.1) is 26.0 Å². The Hall–Kier alpha value is -3.06. The van der Waals surface area contributed by atoms with Crippen LogP contribution in [0.2, 0.25) is 5.02 Å². The highest BCUT2D eigenvalue weighted by molar-refractivity contribution is 6.30. The SMILES string of the molecule is COC(=O)C1=CC(=NO)CC(c2cccc(OC)c2-c2ccc(Cl)cc2F)N1. The van der Waals surface area contributed by atoms with Crippen LogP contribution in [0.15, 0.2) is 53.3 Å². The van der Waals surface area contributed by atoms with Crippen molar-refractivity contribution in [2.45, 2.75) is 12.5 Å². The van der Waals surface area contributed by atoms with Crippen molar-refractivity contribution in [3.63, 3.8) is 0 Å². The Morgan fingerprint density at radius 2 is 2.11 bits per heavy atom. The van der Waals surface area contributed by atoms with Crippen LogP contribution in [0, 0.1) is 5.82 Å². The molecular formula is C20H18ClFN2O4. The third-order valence-electron chi connectivity index (χ3n) is 4.44. The number of halogens is 2. The summed E-state index contributed by atoms with van der Waals surface area (Å²) in [5.41, 5.74) is 1.90. The van der Waals surface area contributed by atoms with Crippen LogP contribution in [0.5, 0.6) is 5.75 Å². The summed E-state index contributed by atoms with van der Waals surface area (Å²) in [4.78, 5) is 12.0. The molecule has 0 fully saturated rings. The van der Waals surface area contributed by atoms with Gasteiger partial charge in [-0.15, -0.1) is 0 Å². The molecule has 1 aliphatic rings. The molecule has 0 spiro atoms. The zero-order valence-electron chi connectivity index (χ0n) is 15.2. The maximum atomic E-state index is 14.7. The molecule has 146 valence electrons. The molecule has 2 N–H and O–H groups in total. The Balaban J connectivity index is 2.15. The molecule has 0 bridgehead atoms. The fourth-order valence-electron chi connectivity index (χ4n) is 3.19. The highest BCUT2D eigenvalue weighted by atomic mass is 35.5. The van der Waals surface area contributed by atoms with Crippen LogP contribution in [0.25, 0.3) is 11.1 Å². The number of carbonyl (C=O) groups excluding carboxylic acids is 1. The van der Waals surface area contributed by atoms with Gasteiger partial charge in [-0.05, 0) is 35.9 Å². The molecule has 0 amide bonds. The monoisotopic (exact) mass is 404 g/mol. The lowest BCUT2D eigenvalue weighted by molar-refractivity contribution is -0.136. The van der Waals surface area contributed by atoms with E-state index >= 15 is 0 Å². The molecule has 0 saturated carbocycles.